The van der Waals surface area contributed by atoms with Crippen LogP contribution in [0.15, 0.2) is 160 Å². The third kappa shape index (κ3) is 4.20. The standard InChI is InChI=1S/C43H25NO2/c44-26-27-20-29(28-10-2-1-3-11-28)22-30(21-27)31-23-32(34-14-9-19-41-42(34)38-13-5-7-18-40(38)45-41)25-33(24-31)35-15-8-16-37-36-12-4-6-17-39(36)46-43(35)37/h1-25H. The Morgan fingerprint density at radius 2 is 0.935 bits per heavy atom. The van der Waals surface area contributed by atoms with Crippen LogP contribution in [0.2, 0.25) is 0 Å². The van der Waals surface area contributed by atoms with Gasteiger partial charge in [-0.3, -0.25) is 0 Å². The minimum Gasteiger partial charge on any atom is -0.456 e. The fourth-order valence-electron chi connectivity index (χ4n) is 6.75. The van der Waals surface area contributed by atoms with E-state index in [1.807, 2.05) is 66.7 Å². The second-order valence-corrected chi connectivity index (χ2v) is 11.6. The molecule has 0 saturated carbocycles. The Morgan fingerprint density at radius 3 is 1.74 bits per heavy atom. The smallest absolute Gasteiger partial charge is 0.143 e. The van der Waals surface area contributed by atoms with E-state index in [1.165, 1.54) is 0 Å². The molecule has 214 valence electrons. The van der Waals surface area contributed by atoms with Gasteiger partial charge in [-0.25, -0.2) is 0 Å². The van der Waals surface area contributed by atoms with Crippen LogP contribution >= 0.6 is 0 Å². The highest BCUT2D eigenvalue weighted by atomic mass is 16.3. The molecule has 0 N–H and O–H groups in total. The number of benzene rings is 7. The number of fused-ring (bicyclic) bond motifs is 6. The Bertz CT molecular complexity index is 2650. The van der Waals surface area contributed by atoms with Gasteiger partial charge < -0.3 is 8.83 Å². The van der Waals surface area contributed by atoms with Crippen LogP contribution in [0.3, 0.4) is 0 Å². The zero-order valence-corrected chi connectivity index (χ0v) is 24.7. The lowest BCUT2D eigenvalue weighted by Crippen LogP contribution is -1.89. The van der Waals surface area contributed by atoms with Crippen molar-refractivity contribution in [1.29, 1.82) is 5.26 Å². The Labute approximate surface area is 265 Å². The minimum absolute atomic E-state index is 0.616. The highest BCUT2D eigenvalue weighted by molar-refractivity contribution is 6.13. The Morgan fingerprint density at radius 1 is 0.391 bits per heavy atom. The predicted octanol–water partition coefficient (Wildman–Crippen LogP) is 12.0. The van der Waals surface area contributed by atoms with Crippen molar-refractivity contribution in [3.63, 3.8) is 0 Å². The number of nitriles is 1. The molecule has 0 spiro atoms. The van der Waals surface area contributed by atoms with Crippen LogP contribution in [-0.2, 0) is 0 Å². The second-order valence-electron chi connectivity index (χ2n) is 11.6. The predicted molar refractivity (Wildman–Crippen MR) is 187 cm³/mol. The van der Waals surface area contributed by atoms with Gasteiger partial charge in [0.1, 0.15) is 22.3 Å². The van der Waals surface area contributed by atoms with E-state index in [9.17, 15) is 5.26 Å². The van der Waals surface area contributed by atoms with Crippen molar-refractivity contribution >= 4 is 43.9 Å². The number of furan rings is 2. The van der Waals surface area contributed by atoms with E-state index >= 15 is 0 Å². The molecule has 46 heavy (non-hydrogen) atoms. The highest BCUT2D eigenvalue weighted by Gasteiger charge is 2.18. The lowest BCUT2D eigenvalue weighted by atomic mass is 9.89. The highest BCUT2D eigenvalue weighted by Crippen LogP contribution is 2.42. The molecular formula is C43H25NO2. The summed E-state index contributed by atoms with van der Waals surface area (Å²) < 4.78 is 12.8. The molecule has 0 unspecified atom stereocenters. The number of hydrogen-bond acceptors (Lipinski definition) is 3. The molecule has 0 radical (unpaired) electrons. The van der Waals surface area contributed by atoms with Crippen molar-refractivity contribution in [3.8, 4) is 50.6 Å². The first-order valence-corrected chi connectivity index (χ1v) is 15.3. The van der Waals surface area contributed by atoms with E-state index in [2.05, 4.69) is 91.0 Å². The van der Waals surface area contributed by atoms with Crippen LogP contribution in [0.25, 0.3) is 88.4 Å². The van der Waals surface area contributed by atoms with Gasteiger partial charge in [0.25, 0.3) is 0 Å². The summed E-state index contributed by atoms with van der Waals surface area (Å²) in [6, 6.07) is 54.4. The van der Waals surface area contributed by atoms with E-state index in [-0.39, 0.29) is 0 Å². The molecule has 0 aliphatic heterocycles. The Balaban J connectivity index is 1.34. The van der Waals surface area contributed by atoms with Crippen LogP contribution in [-0.4, -0.2) is 0 Å². The summed E-state index contributed by atoms with van der Waals surface area (Å²) in [5.41, 5.74) is 12.3. The van der Waals surface area contributed by atoms with Gasteiger partial charge in [-0.05, 0) is 93.5 Å². The van der Waals surface area contributed by atoms with Gasteiger partial charge in [-0.1, -0.05) is 97.1 Å². The summed E-state index contributed by atoms with van der Waals surface area (Å²) in [6.07, 6.45) is 0. The Hall–Kier alpha value is -6.37. The molecule has 2 heterocycles. The molecule has 0 atom stereocenters. The van der Waals surface area contributed by atoms with E-state index in [4.69, 9.17) is 8.83 Å². The topological polar surface area (TPSA) is 50.1 Å². The lowest BCUT2D eigenvalue weighted by molar-refractivity contribution is 0.669. The fourth-order valence-corrected chi connectivity index (χ4v) is 6.75. The second kappa shape index (κ2) is 10.4. The molecular weight excluding hydrogens is 562 g/mol. The average molecular weight is 588 g/mol. The first-order valence-electron chi connectivity index (χ1n) is 15.3. The number of para-hydroxylation sites is 3. The number of rotatable bonds is 4. The summed E-state index contributed by atoms with van der Waals surface area (Å²) in [5, 5.41) is 14.4. The van der Waals surface area contributed by atoms with Crippen molar-refractivity contribution in [2.45, 2.75) is 0 Å². The quantitative estimate of drug-likeness (QED) is 0.206. The molecule has 0 aliphatic rings. The maximum atomic E-state index is 10.1. The van der Waals surface area contributed by atoms with E-state index in [0.717, 1.165) is 88.4 Å². The summed E-state index contributed by atoms with van der Waals surface area (Å²) >= 11 is 0. The monoisotopic (exact) mass is 587 g/mol. The maximum absolute atomic E-state index is 10.1. The molecule has 0 saturated heterocycles. The number of hydrogen-bond donors (Lipinski definition) is 0. The molecule has 0 amide bonds. The molecule has 7 aromatic carbocycles. The summed E-state index contributed by atoms with van der Waals surface area (Å²) in [4.78, 5) is 0. The van der Waals surface area contributed by atoms with Gasteiger partial charge in [0.15, 0.2) is 0 Å². The van der Waals surface area contributed by atoms with Crippen molar-refractivity contribution in [2.75, 3.05) is 0 Å². The van der Waals surface area contributed by atoms with Crippen LogP contribution in [0, 0.1) is 11.3 Å². The zero-order valence-electron chi connectivity index (χ0n) is 24.7. The van der Waals surface area contributed by atoms with Crippen LogP contribution < -0.4 is 0 Å². The fraction of sp³-hybridized carbons (Fsp3) is 0. The normalized spacial score (nSPS) is 11.5. The van der Waals surface area contributed by atoms with E-state index in [1.54, 1.807) is 0 Å². The first kappa shape index (κ1) is 26.1. The molecule has 0 fully saturated rings. The molecule has 9 rings (SSSR count). The van der Waals surface area contributed by atoms with Crippen LogP contribution in [0.4, 0.5) is 0 Å². The molecule has 0 aliphatic carbocycles. The van der Waals surface area contributed by atoms with Gasteiger partial charge in [0.2, 0.25) is 0 Å². The molecule has 9 aromatic rings. The van der Waals surface area contributed by atoms with Gasteiger partial charge in [0, 0.05) is 27.1 Å². The van der Waals surface area contributed by atoms with Crippen molar-refractivity contribution in [3.05, 3.63) is 157 Å². The lowest BCUT2D eigenvalue weighted by Gasteiger charge is -2.14. The maximum Gasteiger partial charge on any atom is 0.143 e. The summed E-state index contributed by atoms with van der Waals surface area (Å²) in [7, 11) is 0. The molecule has 3 nitrogen and oxygen atoms in total. The van der Waals surface area contributed by atoms with E-state index < -0.39 is 0 Å². The zero-order chi connectivity index (χ0) is 30.6. The van der Waals surface area contributed by atoms with Crippen LogP contribution in [0.1, 0.15) is 5.56 Å². The van der Waals surface area contributed by atoms with Crippen molar-refractivity contribution < 1.29 is 8.83 Å². The third-order valence-corrected chi connectivity index (χ3v) is 8.86. The van der Waals surface area contributed by atoms with Crippen LogP contribution in [0.5, 0.6) is 0 Å². The number of nitrogens with zero attached hydrogens (tertiary/aromatic N) is 1. The van der Waals surface area contributed by atoms with Crippen molar-refractivity contribution in [2.24, 2.45) is 0 Å². The van der Waals surface area contributed by atoms with E-state index in [0.29, 0.717) is 5.56 Å². The van der Waals surface area contributed by atoms with Gasteiger partial charge in [0.05, 0.1) is 11.6 Å². The largest absolute Gasteiger partial charge is 0.456 e. The minimum atomic E-state index is 0.616. The van der Waals surface area contributed by atoms with Crippen molar-refractivity contribution in [1.82, 2.24) is 0 Å². The SMILES string of the molecule is N#Cc1cc(-c2ccccc2)cc(-c2cc(-c3cccc4c3oc3ccccc34)cc(-c3cccc4oc5ccccc5c34)c2)c1. The molecule has 0 bridgehead atoms. The first-order chi connectivity index (χ1) is 22.7. The average Bonchev–Trinajstić information content (AvgIpc) is 3.70. The van der Waals surface area contributed by atoms with Gasteiger partial charge in [-0.2, -0.15) is 5.26 Å². The molecule has 3 heteroatoms. The Kier molecular flexibility index (Phi) is 5.88. The summed E-state index contributed by atoms with van der Waals surface area (Å²) in [5.74, 6) is 0. The van der Waals surface area contributed by atoms with Gasteiger partial charge >= 0.3 is 0 Å². The summed E-state index contributed by atoms with van der Waals surface area (Å²) in [6.45, 7) is 0. The molecule has 2 aromatic heterocycles. The van der Waals surface area contributed by atoms with Gasteiger partial charge in [-0.15, -0.1) is 0 Å². The third-order valence-electron chi connectivity index (χ3n) is 8.86.